The van der Waals surface area contributed by atoms with Gasteiger partial charge in [-0.25, -0.2) is 0 Å². The molecular formula is C10H19NO2. The highest BCUT2D eigenvalue weighted by atomic mass is 16.5. The largest absolute Gasteiger partial charge is 0.468 e. The molecule has 76 valence electrons. The molecule has 1 heterocycles. The van der Waals surface area contributed by atoms with Gasteiger partial charge >= 0.3 is 5.97 Å². The Morgan fingerprint density at radius 2 is 2.15 bits per heavy atom. The summed E-state index contributed by atoms with van der Waals surface area (Å²) in [5, 5.41) is 3.23. The number of hydrogen-bond donors (Lipinski definition) is 1. The van der Waals surface area contributed by atoms with Gasteiger partial charge in [0.1, 0.15) is 6.04 Å². The van der Waals surface area contributed by atoms with Gasteiger partial charge in [0.2, 0.25) is 0 Å². The molecule has 0 amide bonds. The van der Waals surface area contributed by atoms with Gasteiger partial charge in [-0.15, -0.1) is 0 Å². The lowest BCUT2D eigenvalue weighted by Crippen LogP contribution is -2.45. The van der Waals surface area contributed by atoms with Crippen LogP contribution < -0.4 is 5.32 Å². The molecule has 0 aromatic carbocycles. The van der Waals surface area contributed by atoms with Crippen molar-refractivity contribution < 1.29 is 9.53 Å². The van der Waals surface area contributed by atoms with Gasteiger partial charge < -0.3 is 10.1 Å². The Labute approximate surface area is 79.8 Å². The first-order valence-corrected chi connectivity index (χ1v) is 4.96. The van der Waals surface area contributed by atoms with E-state index in [1.54, 1.807) is 0 Å². The van der Waals surface area contributed by atoms with Crippen molar-refractivity contribution >= 4 is 5.97 Å². The molecule has 0 saturated carbocycles. The van der Waals surface area contributed by atoms with Gasteiger partial charge in [-0.2, -0.15) is 0 Å². The predicted molar refractivity (Wildman–Crippen MR) is 51.4 cm³/mol. The van der Waals surface area contributed by atoms with Crippen LogP contribution in [0.1, 0.15) is 26.7 Å². The molecule has 0 spiro atoms. The van der Waals surface area contributed by atoms with Gasteiger partial charge in [-0.1, -0.05) is 13.8 Å². The molecule has 0 radical (unpaired) electrons. The van der Waals surface area contributed by atoms with Crippen LogP contribution in [-0.4, -0.2) is 25.7 Å². The molecule has 0 bridgehead atoms. The Kier molecular flexibility index (Phi) is 3.72. The van der Waals surface area contributed by atoms with E-state index in [1.165, 1.54) is 7.11 Å². The summed E-state index contributed by atoms with van der Waals surface area (Å²) in [4.78, 5) is 11.2. The van der Waals surface area contributed by atoms with Crippen LogP contribution >= 0.6 is 0 Å². The van der Waals surface area contributed by atoms with Gasteiger partial charge in [0.05, 0.1) is 7.11 Å². The Morgan fingerprint density at radius 1 is 1.46 bits per heavy atom. The lowest BCUT2D eigenvalue weighted by molar-refractivity contribution is -0.144. The average molecular weight is 185 g/mol. The summed E-state index contributed by atoms with van der Waals surface area (Å²) in [6, 6.07) is -0.0694. The molecule has 0 aromatic heterocycles. The third-order valence-corrected chi connectivity index (χ3v) is 2.88. The van der Waals surface area contributed by atoms with Crippen LogP contribution in [0, 0.1) is 11.8 Å². The zero-order valence-electron chi connectivity index (χ0n) is 8.67. The van der Waals surface area contributed by atoms with Crippen molar-refractivity contribution in [2.45, 2.75) is 32.7 Å². The van der Waals surface area contributed by atoms with E-state index in [1.807, 2.05) is 0 Å². The number of hydrogen-bond acceptors (Lipinski definition) is 3. The summed E-state index contributed by atoms with van der Waals surface area (Å²) in [7, 11) is 1.44. The van der Waals surface area contributed by atoms with Crippen LogP contribution in [0.2, 0.25) is 0 Å². The van der Waals surface area contributed by atoms with E-state index in [-0.39, 0.29) is 12.0 Å². The summed E-state index contributed by atoms with van der Waals surface area (Å²) in [6.45, 7) is 5.40. The van der Waals surface area contributed by atoms with Crippen LogP contribution in [0.15, 0.2) is 0 Å². The van der Waals surface area contributed by atoms with Crippen molar-refractivity contribution in [1.82, 2.24) is 5.32 Å². The van der Waals surface area contributed by atoms with Crippen LogP contribution in [0.3, 0.4) is 0 Å². The Bertz CT molecular complexity index is 172. The molecule has 1 aliphatic heterocycles. The molecule has 0 aromatic rings. The third-order valence-electron chi connectivity index (χ3n) is 2.88. The van der Waals surface area contributed by atoms with Gasteiger partial charge in [0.15, 0.2) is 0 Å². The molecule has 3 heteroatoms. The van der Waals surface area contributed by atoms with Crippen molar-refractivity contribution in [2.24, 2.45) is 11.8 Å². The summed E-state index contributed by atoms with van der Waals surface area (Å²) in [6.07, 6.45) is 2.04. The summed E-state index contributed by atoms with van der Waals surface area (Å²) < 4.78 is 4.68. The maximum atomic E-state index is 11.2. The summed E-state index contributed by atoms with van der Waals surface area (Å²) in [5.41, 5.74) is 0. The molecular weight excluding hydrogens is 166 g/mol. The van der Waals surface area contributed by atoms with Crippen LogP contribution in [0.4, 0.5) is 0 Å². The highest BCUT2D eigenvalue weighted by Gasteiger charge is 2.27. The quantitative estimate of drug-likeness (QED) is 0.657. The van der Waals surface area contributed by atoms with Gasteiger partial charge in [-0.3, -0.25) is 4.79 Å². The van der Waals surface area contributed by atoms with E-state index in [4.69, 9.17) is 0 Å². The first-order chi connectivity index (χ1) is 6.15. The first kappa shape index (κ1) is 10.5. The van der Waals surface area contributed by atoms with E-state index >= 15 is 0 Å². The van der Waals surface area contributed by atoms with Gasteiger partial charge in [-0.05, 0) is 31.2 Å². The zero-order valence-corrected chi connectivity index (χ0v) is 8.67. The first-order valence-electron chi connectivity index (χ1n) is 4.96. The normalized spacial score (nSPS) is 28.9. The second-order valence-corrected chi connectivity index (χ2v) is 4.07. The van der Waals surface area contributed by atoms with Crippen molar-refractivity contribution in [2.75, 3.05) is 13.7 Å². The molecule has 2 atom stereocenters. The number of methoxy groups -OCH3 is 1. The maximum absolute atomic E-state index is 11.2. The Morgan fingerprint density at radius 3 is 2.54 bits per heavy atom. The van der Waals surface area contributed by atoms with Crippen LogP contribution in [0.25, 0.3) is 0 Å². The van der Waals surface area contributed by atoms with Crippen LogP contribution in [-0.2, 0) is 9.53 Å². The van der Waals surface area contributed by atoms with Gasteiger partial charge in [0.25, 0.3) is 0 Å². The lowest BCUT2D eigenvalue weighted by atomic mass is 9.86. The molecule has 1 saturated heterocycles. The predicted octanol–water partition coefficient (Wildman–Crippen LogP) is 1.18. The molecule has 13 heavy (non-hydrogen) atoms. The van der Waals surface area contributed by atoms with E-state index in [2.05, 4.69) is 23.9 Å². The zero-order chi connectivity index (χ0) is 9.84. The summed E-state index contributed by atoms with van der Waals surface area (Å²) in [5.74, 6) is 1.29. The second-order valence-electron chi connectivity index (χ2n) is 4.07. The second kappa shape index (κ2) is 4.61. The maximum Gasteiger partial charge on any atom is 0.322 e. The lowest BCUT2D eigenvalue weighted by Gasteiger charge is -2.30. The number of carbonyl (C=O) groups excluding carboxylic acids is 1. The summed E-state index contributed by atoms with van der Waals surface area (Å²) >= 11 is 0. The highest BCUT2D eigenvalue weighted by molar-refractivity contribution is 5.75. The van der Waals surface area contributed by atoms with E-state index < -0.39 is 0 Å². The van der Waals surface area contributed by atoms with E-state index in [0.717, 1.165) is 19.4 Å². The smallest absolute Gasteiger partial charge is 0.322 e. The van der Waals surface area contributed by atoms with E-state index in [9.17, 15) is 4.79 Å². The fraction of sp³-hybridized carbons (Fsp3) is 0.900. The molecule has 3 nitrogen and oxygen atoms in total. The molecule has 1 N–H and O–H groups in total. The molecule has 0 unspecified atom stereocenters. The monoisotopic (exact) mass is 185 g/mol. The fourth-order valence-electron chi connectivity index (χ4n) is 1.79. The number of nitrogens with one attached hydrogen (secondary N) is 1. The fourth-order valence-corrected chi connectivity index (χ4v) is 1.79. The molecule has 1 aliphatic rings. The van der Waals surface area contributed by atoms with Crippen molar-refractivity contribution in [3.63, 3.8) is 0 Å². The minimum absolute atomic E-state index is 0.0694. The SMILES string of the molecule is COC(=O)[C@@H]1CC[C@H](C(C)C)CN1. The number of ether oxygens (including phenoxy) is 1. The number of esters is 1. The standard InChI is InChI=1S/C10H19NO2/c1-7(2)8-4-5-9(11-6-8)10(12)13-3/h7-9,11H,4-6H2,1-3H3/t8-,9-/m0/s1. The topological polar surface area (TPSA) is 38.3 Å². The third kappa shape index (κ3) is 2.69. The molecule has 1 rings (SSSR count). The molecule has 1 fully saturated rings. The average Bonchev–Trinajstić information content (AvgIpc) is 2.17. The van der Waals surface area contributed by atoms with Crippen molar-refractivity contribution in [3.8, 4) is 0 Å². The highest BCUT2D eigenvalue weighted by Crippen LogP contribution is 2.21. The molecule has 0 aliphatic carbocycles. The van der Waals surface area contributed by atoms with Crippen molar-refractivity contribution in [1.29, 1.82) is 0 Å². The van der Waals surface area contributed by atoms with Crippen molar-refractivity contribution in [3.05, 3.63) is 0 Å². The minimum Gasteiger partial charge on any atom is -0.468 e. The number of carbonyl (C=O) groups is 1. The van der Waals surface area contributed by atoms with E-state index in [0.29, 0.717) is 11.8 Å². The Hall–Kier alpha value is -0.570. The number of rotatable bonds is 2. The van der Waals surface area contributed by atoms with Gasteiger partial charge in [0, 0.05) is 0 Å². The Balaban J connectivity index is 2.34. The minimum atomic E-state index is -0.123. The number of piperidine rings is 1. The van der Waals surface area contributed by atoms with Crippen LogP contribution in [0.5, 0.6) is 0 Å².